The zero-order valence-corrected chi connectivity index (χ0v) is 10.2. The van der Waals surface area contributed by atoms with E-state index in [4.69, 9.17) is 4.74 Å². The lowest BCUT2D eigenvalue weighted by molar-refractivity contribution is 0.317. The molecule has 1 aromatic carbocycles. The van der Waals surface area contributed by atoms with Crippen molar-refractivity contribution in [2.45, 2.75) is 25.7 Å². The van der Waals surface area contributed by atoms with Crippen molar-refractivity contribution < 1.29 is 4.74 Å². The van der Waals surface area contributed by atoms with Gasteiger partial charge in [-0.05, 0) is 56.0 Å². The number of hydrogen-bond acceptors (Lipinski definition) is 2. The summed E-state index contributed by atoms with van der Waals surface area (Å²) in [6.07, 6.45) is 2.39. The Morgan fingerprint density at radius 2 is 2.06 bits per heavy atom. The van der Waals surface area contributed by atoms with Crippen LogP contribution in [0.25, 0.3) is 0 Å². The molecule has 0 amide bonds. The van der Waals surface area contributed by atoms with Crippen molar-refractivity contribution in [3.05, 3.63) is 29.8 Å². The number of ether oxygens (including phenoxy) is 1. The van der Waals surface area contributed by atoms with Gasteiger partial charge in [-0.3, -0.25) is 0 Å². The van der Waals surface area contributed by atoms with Crippen molar-refractivity contribution in [1.29, 1.82) is 0 Å². The van der Waals surface area contributed by atoms with Gasteiger partial charge in [-0.1, -0.05) is 19.1 Å². The SMILES string of the molecule is CCCOc1ccc(C2CC2CNC)cc1. The fourth-order valence-electron chi connectivity index (χ4n) is 2.17. The first-order valence-electron chi connectivity index (χ1n) is 6.22. The van der Waals surface area contributed by atoms with Gasteiger partial charge in [0, 0.05) is 0 Å². The largest absolute Gasteiger partial charge is 0.494 e. The van der Waals surface area contributed by atoms with Gasteiger partial charge < -0.3 is 10.1 Å². The Labute approximate surface area is 98.0 Å². The topological polar surface area (TPSA) is 21.3 Å². The molecule has 0 bridgehead atoms. The summed E-state index contributed by atoms with van der Waals surface area (Å²) < 4.78 is 5.57. The van der Waals surface area contributed by atoms with Crippen LogP contribution in [-0.2, 0) is 0 Å². The average Bonchev–Trinajstić information content (AvgIpc) is 3.07. The molecule has 1 saturated carbocycles. The molecular weight excluding hydrogens is 198 g/mol. The van der Waals surface area contributed by atoms with Crippen LogP contribution in [0.1, 0.15) is 31.2 Å². The van der Waals surface area contributed by atoms with Crippen LogP contribution < -0.4 is 10.1 Å². The molecule has 1 aromatic rings. The Kier molecular flexibility index (Phi) is 3.83. The maximum Gasteiger partial charge on any atom is 0.119 e. The fraction of sp³-hybridized carbons (Fsp3) is 0.571. The van der Waals surface area contributed by atoms with E-state index in [1.165, 1.54) is 12.0 Å². The molecule has 0 aromatic heterocycles. The highest BCUT2D eigenvalue weighted by Gasteiger charge is 2.37. The molecule has 88 valence electrons. The van der Waals surface area contributed by atoms with Crippen LogP contribution in [0.4, 0.5) is 0 Å². The molecule has 0 saturated heterocycles. The van der Waals surface area contributed by atoms with Crippen LogP contribution in [0.2, 0.25) is 0 Å². The summed E-state index contributed by atoms with van der Waals surface area (Å²) in [6, 6.07) is 8.62. The summed E-state index contributed by atoms with van der Waals surface area (Å²) >= 11 is 0. The van der Waals surface area contributed by atoms with Gasteiger partial charge >= 0.3 is 0 Å². The molecule has 1 N–H and O–H groups in total. The summed E-state index contributed by atoms with van der Waals surface area (Å²) in [7, 11) is 2.02. The lowest BCUT2D eigenvalue weighted by atomic mass is 10.1. The molecular formula is C14H21NO. The number of benzene rings is 1. The van der Waals surface area contributed by atoms with E-state index in [-0.39, 0.29) is 0 Å². The lowest BCUT2D eigenvalue weighted by Crippen LogP contribution is -2.10. The highest BCUT2D eigenvalue weighted by Crippen LogP contribution is 2.47. The number of rotatable bonds is 6. The average molecular weight is 219 g/mol. The van der Waals surface area contributed by atoms with Gasteiger partial charge in [0.1, 0.15) is 5.75 Å². The molecule has 2 heteroatoms. The normalized spacial score (nSPS) is 23.1. The zero-order valence-electron chi connectivity index (χ0n) is 10.2. The molecule has 0 aliphatic heterocycles. The lowest BCUT2D eigenvalue weighted by Gasteiger charge is -2.05. The van der Waals surface area contributed by atoms with Crippen molar-refractivity contribution >= 4 is 0 Å². The second-order valence-electron chi connectivity index (χ2n) is 4.58. The number of hydrogen-bond donors (Lipinski definition) is 1. The second-order valence-corrected chi connectivity index (χ2v) is 4.58. The zero-order chi connectivity index (χ0) is 11.4. The molecule has 0 heterocycles. The molecule has 2 unspecified atom stereocenters. The third kappa shape index (κ3) is 2.76. The molecule has 1 fully saturated rings. The number of nitrogens with one attached hydrogen (secondary N) is 1. The highest BCUT2D eigenvalue weighted by molar-refractivity contribution is 5.32. The minimum absolute atomic E-state index is 0.771. The Morgan fingerprint density at radius 1 is 1.31 bits per heavy atom. The molecule has 0 radical (unpaired) electrons. The van der Waals surface area contributed by atoms with Crippen LogP contribution in [0.15, 0.2) is 24.3 Å². The Bertz CT molecular complexity index is 320. The maximum absolute atomic E-state index is 5.57. The van der Waals surface area contributed by atoms with E-state index in [9.17, 15) is 0 Å². The van der Waals surface area contributed by atoms with E-state index in [2.05, 4.69) is 36.5 Å². The van der Waals surface area contributed by atoms with E-state index in [0.29, 0.717) is 0 Å². The maximum atomic E-state index is 5.57. The summed E-state index contributed by atoms with van der Waals surface area (Å²) in [5.41, 5.74) is 1.46. The second kappa shape index (κ2) is 5.35. The quantitative estimate of drug-likeness (QED) is 0.794. The van der Waals surface area contributed by atoms with Gasteiger partial charge in [0.05, 0.1) is 6.61 Å². The van der Waals surface area contributed by atoms with Gasteiger partial charge in [-0.2, -0.15) is 0 Å². The monoisotopic (exact) mass is 219 g/mol. The van der Waals surface area contributed by atoms with Crippen molar-refractivity contribution in [3.63, 3.8) is 0 Å². The van der Waals surface area contributed by atoms with E-state index >= 15 is 0 Å². The highest BCUT2D eigenvalue weighted by atomic mass is 16.5. The van der Waals surface area contributed by atoms with E-state index < -0.39 is 0 Å². The van der Waals surface area contributed by atoms with Gasteiger partial charge in [0.25, 0.3) is 0 Å². The van der Waals surface area contributed by atoms with Crippen molar-refractivity contribution in [1.82, 2.24) is 5.32 Å². The molecule has 0 spiro atoms. The van der Waals surface area contributed by atoms with Crippen molar-refractivity contribution in [3.8, 4) is 5.75 Å². The standard InChI is InChI=1S/C14H21NO/c1-3-8-16-13-6-4-11(5-7-13)14-9-12(14)10-15-2/h4-7,12,14-15H,3,8-10H2,1-2H3. The molecule has 2 nitrogen and oxygen atoms in total. The summed E-state index contributed by atoms with van der Waals surface area (Å²) in [4.78, 5) is 0. The smallest absolute Gasteiger partial charge is 0.119 e. The summed E-state index contributed by atoms with van der Waals surface area (Å²) in [6.45, 7) is 4.07. The summed E-state index contributed by atoms with van der Waals surface area (Å²) in [5, 5.41) is 3.24. The Morgan fingerprint density at radius 3 is 2.69 bits per heavy atom. The first kappa shape index (κ1) is 11.5. The third-order valence-electron chi connectivity index (χ3n) is 3.17. The Balaban J connectivity index is 1.88. The predicted molar refractivity (Wildman–Crippen MR) is 67.0 cm³/mol. The van der Waals surface area contributed by atoms with Crippen LogP contribution >= 0.6 is 0 Å². The molecule has 16 heavy (non-hydrogen) atoms. The van der Waals surface area contributed by atoms with Gasteiger partial charge in [-0.25, -0.2) is 0 Å². The van der Waals surface area contributed by atoms with Gasteiger partial charge in [0.2, 0.25) is 0 Å². The first-order chi connectivity index (χ1) is 7.85. The van der Waals surface area contributed by atoms with E-state index in [1.54, 1.807) is 0 Å². The predicted octanol–water partition coefficient (Wildman–Crippen LogP) is 2.80. The summed E-state index contributed by atoms with van der Waals surface area (Å²) in [5.74, 6) is 2.61. The van der Waals surface area contributed by atoms with Crippen LogP contribution in [0, 0.1) is 5.92 Å². The van der Waals surface area contributed by atoms with Crippen LogP contribution in [-0.4, -0.2) is 20.2 Å². The first-order valence-corrected chi connectivity index (χ1v) is 6.22. The minimum atomic E-state index is 0.771. The van der Waals surface area contributed by atoms with Crippen molar-refractivity contribution in [2.24, 2.45) is 5.92 Å². The van der Waals surface area contributed by atoms with E-state index in [0.717, 1.165) is 37.2 Å². The van der Waals surface area contributed by atoms with Gasteiger partial charge in [-0.15, -0.1) is 0 Å². The van der Waals surface area contributed by atoms with Gasteiger partial charge in [0.15, 0.2) is 0 Å². The molecule has 1 aliphatic rings. The van der Waals surface area contributed by atoms with Crippen LogP contribution in [0.5, 0.6) is 5.75 Å². The third-order valence-corrected chi connectivity index (χ3v) is 3.17. The molecule has 2 atom stereocenters. The fourth-order valence-corrected chi connectivity index (χ4v) is 2.17. The molecule has 2 rings (SSSR count). The van der Waals surface area contributed by atoms with E-state index in [1.807, 2.05) is 7.05 Å². The minimum Gasteiger partial charge on any atom is -0.494 e. The Hall–Kier alpha value is -1.02. The van der Waals surface area contributed by atoms with Crippen LogP contribution in [0.3, 0.4) is 0 Å². The van der Waals surface area contributed by atoms with Crippen molar-refractivity contribution in [2.75, 3.05) is 20.2 Å². The molecule has 1 aliphatic carbocycles.